The predicted molar refractivity (Wildman–Crippen MR) is 93.4 cm³/mol. The maximum absolute atomic E-state index is 13.1. The summed E-state index contributed by atoms with van der Waals surface area (Å²) in [5.74, 6) is 1.18. The van der Waals surface area contributed by atoms with Gasteiger partial charge in [-0.15, -0.1) is 0 Å². The molecule has 7 heteroatoms. The van der Waals surface area contributed by atoms with E-state index in [-0.39, 0.29) is 19.1 Å². The third kappa shape index (κ3) is 3.61. The van der Waals surface area contributed by atoms with E-state index < -0.39 is 0 Å². The number of methoxy groups -OCH3 is 1. The molecule has 0 unspecified atom stereocenters. The molecule has 25 heavy (non-hydrogen) atoms. The standard InChI is InChI=1S/C18H20N4O3/c1-12-9-15(14-4-3-13(25-2)10-16(14)21-12)18(24)22(7-8-23)11-17-19-5-6-20-17/h3-6,9-10,23H,7-8,11H2,1-2H3,(H,19,20). The lowest BCUT2D eigenvalue weighted by Crippen LogP contribution is -2.33. The van der Waals surface area contributed by atoms with E-state index in [0.29, 0.717) is 29.2 Å². The zero-order valence-corrected chi connectivity index (χ0v) is 14.2. The van der Waals surface area contributed by atoms with Crippen molar-refractivity contribution >= 4 is 16.8 Å². The Labute approximate surface area is 145 Å². The molecular formula is C18H20N4O3. The number of nitrogens with zero attached hydrogens (tertiary/aromatic N) is 3. The van der Waals surface area contributed by atoms with E-state index in [1.54, 1.807) is 36.5 Å². The zero-order valence-electron chi connectivity index (χ0n) is 14.2. The van der Waals surface area contributed by atoms with Crippen LogP contribution in [0.1, 0.15) is 21.9 Å². The second-order valence-corrected chi connectivity index (χ2v) is 5.68. The number of imidazole rings is 1. The molecule has 2 heterocycles. The van der Waals surface area contributed by atoms with Gasteiger partial charge in [-0.2, -0.15) is 0 Å². The number of carbonyl (C=O) groups is 1. The maximum Gasteiger partial charge on any atom is 0.255 e. The molecule has 1 aromatic carbocycles. The van der Waals surface area contributed by atoms with Gasteiger partial charge in [0.05, 0.1) is 31.3 Å². The first kappa shape index (κ1) is 16.9. The highest BCUT2D eigenvalue weighted by Gasteiger charge is 2.20. The summed E-state index contributed by atoms with van der Waals surface area (Å²) in [5, 5.41) is 10.1. The molecule has 0 spiro atoms. The van der Waals surface area contributed by atoms with Crippen molar-refractivity contribution in [3.05, 3.63) is 53.7 Å². The Morgan fingerprint density at radius 2 is 2.20 bits per heavy atom. The minimum Gasteiger partial charge on any atom is -0.497 e. The van der Waals surface area contributed by atoms with Crippen LogP contribution in [0.15, 0.2) is 36.7 Å². The molecule has 0 atom stereocenters. The third-order valence-electron chi connectivity index (χ3n) is 3.93. The predicted octanol–water partition coefficient (Wildman–Crippen LogP) is 1.91. The van der Waals surface area contributed by atoms with Crippen molar-refractivity contribution in [1.82, 2.24) is 19.9 Å². The number of aromatic nitrogens is 3. The molecule has 130 valence electrons. The normalized spacial score (nSPS) is 10.8. The van der Waals surface area contributed by atoms with Gasteiger partial charge in [0, 0.05) is 36.1 Å². The number of carbonyl (C=O) groups excluding carboxylic acids is 1. The van der Waals surface area contributed by atoms with Gasteiger partial charge in [-0.3, -0.25) is 9.78 Å². The minimum atomic E-state index is -0.175. The summed E-state index contributed by atoms with van der Waals surface area (Å²) in [5.41, 5.74) is 1.99. The summed E-state index contributed by atoms with van der Waals surface area (Å²) in [6.45, 7) is 2.24. The van der Waals surface area contributed by atoms with Crippen LogP contribution in [0, 0.1) is 6.92 Å². The average molecular weight is 340 g/mol. The highest BCUT2D eigenvalue weighted by Crippen LogP contribution is 2.24. The van der Waals surface area contributed by atoms with Gasteiger partial charge < -0.3 is 19.7 Å². The molecule has 3 rings (SSSR count). The Kier molecular flexibility index (Phi) is 4.95. The van der Waals surface area contributed by atoms with E-state index in [1.807, 2.05) is 19.1 Å². The largest absolute Gasteiger partial charge is 0.497 e. The number of hydrogen-bond acceptors (Lipinski definition) is 5. The fourth-order valence-corrected chi connectivity index (χ4v) is 2.75. The van der Waals surface area contributed by atoms with Crippen LogP contribution in [0.5, 0.6) is 5.75 Å². The van der Waals surface area contributed by atoms with Crippen molar-refractivity contribution < 1.29 is 14.6 Å². The van der Waals surface area contributed by atoms with Crippen LogP contribution < -0.4 is 4.74 Å². The number of benzene rings is 1. The first-order valence-electron chi connectivity index (χ1n) is 7.96. The van der Waals surface area contributed by atoms with Crippen molar-refractivity contribution in [2.75, 3.05) is 20.3 Å². The fourth-order valence-electron chi connectivity index (χ4n) is 2.75. The molecule has 7 nitrogen and oxygen atoms in total. The first-order chi connectivity index (χ1) is 12.1. The van der Waals surface area contributed by atoms with Crippen LogP contribution in [-0.4, -0.2) is 51.1 Å². The molecule has 0 aliphatic heterocycles. The van der Waals surface area contributed by atoms with Gasteiger partial charge in [-0.05, 0) is 25.1 Å². The summed E-state index contributed by atoms with van der Waals surface area (Å²) in [6.07, 6.45) is 3.34. The molecule has 1 amide bonds. The summed E-state index contributed by atoms with van der Waals surface area (Å²) < 4.78 is 5.24. The van der Waals surface area contributed by atoms with Crippen LogP contribution >= 0.6 is 0 Å². The van der Waals surface area contributed by atoms with Gasteiger partial charge >= 0.3 is 0 Å². The highest BCUT2D eigenvalue weighted by molar-refractivity contribution is 6.06. The zero-order chi connectivity index (χ0) is 17.8. The number of aromatic amines is 1. The SMILES string of the molecule is COc1ccc2c(C(=O)N(CCO)Cc3ncc[nH]3)cc(C)nc2c1. The number of H-pyrrole nitrogens is 1. The second kappa shape index (κ2) is 7.31. The van der Waals surface area contributed by atoms with Gasteiger partial charge in [0.2, 0.25) is 0 Å². The highest BCUT2D eigenvalue weighted by atomic mass is 16.5. The number of fused-ring (bicyclic) bond motifs is 1. The number of nitrogens with one attached hydrogen (secondary N) is 1. The molecule has 0 fully saturated rings. The number of pyridine rings is 1. The smallest absolute Gasteiger partial charge is 0.255 e. The lowest BCUT2D eigenvalue weighted by molar-refractivity contribution is 0.0705. The number of ether oxygens (including phenoxy) is 1. The Morgan fingerprint density at radius 1 is 1.36 bits per heavy atom. The Morgan fingerprint density at radius 3 is 2.88 bits per heavy atom. The van der Waals surface area contributed by atoms with Crippen molar-refractivity contribution in [3.63, 3.8) is 0 Å². The Bertz CT molecular complexity index is 877. The first-order valence-corrected chi connectivity index (χ1v) is 7.96. The van der Waals surface area contributed by atoms with Crippen molar-refractivity contribution in [3.8, 4) is 5.75 Å². The molecule has 0 saturated heterocycles. The van der Waals surface area contributed by atoms with Gasteiger partial charge in [0.25, 0.3) is 5.91 Å². The van der Waals surface area contributed by atoms with E-state index >= 15 is 0 Å². The third-order valence-corrected chi connectivity index (χ3v) is 3.93. The summed E-state index contributed by atoms with van der Waals surface area (Å²) in [6, 6.07) is 7.21. The molecule has 3 aromatic rings. The lowest BCUT2D eigenvalue weighted by Gasteiger charge is -2.21. The monoisotopic (exact) mass is 340 g/mol. The van der Waals surface area contributed by atoms with Crippen LogP contribution in [0.25, 0.3) is 10.9 Å². The van der Waals surface area contributed by atoms with Crippen molar-refractivity contribution in [2.24, 2.45) is 0 Å². The number of rotatable bonds is 6. The van der Waals surface area contributed by atoms with Crippen LogP contribution in [0.2, 0.25) is 0 Å². The maximum atomic E-state index is 13.1. The van der Waals surface area contributed by atoms with Gasteiger partial charge in [0.1, 0.15) is 11.6 Å². The molecule has 2 N–H and O–H groups in total. The summed E-state index contributed by atoms with van der Waals surface area (Å²) in [4.78, 5) is 26.3. The van der Waals surface area contributed by atoms with Gasteiger partial charge in [-0.1, -0.05) is 0 Å². The molecule has 2 aromatic heterocycles. The fraction of sp³-hybridized carbons (Fsp3) is 0.278. The van der Waals surface area contributed by atoms with Crippen LogP contribution in [-0.2, 0) is 6.54 Å². The Hall–Kier alpha value is -2.93. The minimum absolute atomic E-state index is 0.123. The number of aliphatic hydroxyl groups is 1. The number of hydrogen-bond donors (Lipinski definition) is 2. The molecule has 0 aliphatic rings. The van der Waals surface area contributed by atoms with Crippen LogP contribution in [0.4, 0.5) is 0 Å². The van der Waals surface area contributed by atoms with E-state index in [0.717, 1.165) is 11.1 Å². The second-order valence-electron chi connectivity index (χ2n) is 5.68. The lowest BCUT2D eigenvalue weighted by atomic mass is 10.1. The Balaban J connectivity index is 2.01. The molecule has 0 aliphatic carbocycles. The molecule has 0 bridgehead atoms. The van der Waals surface area contributed by atoms with E-state index in [9.17, 15) is 9.90 Å². The molecule has 0 saturated carbocycles. The summed E-state index contributed by atoms with van der Waals surface area (Å²) in [7, 11) is 1.59. The number of aliphatic hydroxyl groups excluding tert-OH is 1. The van der Waals surface area contributed by atoms with E-state index in [4.69, 9.17) is 4.74 Å². The number of aryl methyl sites for hydroxylation is 1. The van der Waals surface area contributed by atoms with E-state index in [1.165, 1.54) is 0 Å². The quantitative estimate of drug-likeness (QED) is 0.715. The van der Waals surface area contributed by atoms with Crippen LogP contribution in [0.3, 0.4) is 0 Å². The van der Waals surface area contributed by atoms with Gasteiger partial charge in [0.15, 0.2) is 0 Å². The number of amides is 1. The van der Waals surface area contributed by atoms with E-state index in [2.05, 4.69) is 15.0 Å². The topological polar surface area (TPSA) is 91.3 Å². The summed E-state index contributed by atoms with van der Waals surface area (Å²) >= 11 is 0. The average Bonchev–Trinajstić information content (AvgIpc) is 3.12. The van der Waals surface area contributed by atoms with Gasteiger partial charge in [-0.25, -0.2) is 4.98 Å². The molecule has 0 radical (unpaired) electrons. The molecular weight excluding hydrogens is 320 g/mol. The van der Waals surface area contributed by atoms with Crippen molar-refractivity contribution in [2.45, 2.75) is 13.5 Å². The van der Waals surface area contributed by atoms with Crippen molar-refractivity contribution in [1.29, 1.82) is 0 Å².